The van der Waals surface area contributed by atoms with Gasteiger partial charge in [-0.25, -0.2) is 0 Å². The summed E-state index contributed by atoms with van der Waals surface area (Å²) in [6.07, 6.45) is 5.21. The fourth-order valence-corrected chi connectivity index (χ4v) is 4.56. The predicted molar refractivity (Wildman–Crippen MR) is 67.7 cm³/mol. The minimum Gasteiger partial charge on any atom is -0.392 e. The molecule has 3 atom stereocenters. The zero-order valence-corrected chi connectivity index (χ0v) is 10.9. The molecular weight excluding hydrogens is 228 g/mol. The molecule has 88 valence electrons. The molecular formula is C11H20O2S2. The second-order valence-corrected chi connectivity index (χ2v) is 6.63. The van der Waals surface area contributed by atoms with E-state index in [4.69, 9.17) is 4.74 Å². The SMILES string of the molecule is CSCC(O)C1CCOC2(CCSC2)C1. The van der Waals surface area contributed by atoms with Crippen molar-refractivity contribution in [2.24, 2.45) is 5.92 Å². The van der Waals surface area contributed by atoms with Crippen LogP contribution in [0.3, 0.4) is 0 Å². The van der Waals surface area contributed by atoms with E-state index in [1.165, 1.54) is 12.2 Å². The van der Waals surface area contributed by atoms with Gasteiger partial charge in [0.2, 0.25) is 0 Å². The third-order valence-corrected chi connectivity index (χ3v) is 5.38. The number of rotatable bonds is 3. The molecule has 0 radical (unpaired) electrons. The molecule has 0 aromatic heterocycles. The molecule has 1 spiro atoms. The van der Waals surface area contributed by atoms with E-state index < -0.39 is 0 Å². The molecule has 2 rings (SSSR count). The monoisotopic (exact) mass is 248 g/mol. The van der Waals surface area contributed by atoms with Crippen molar-refractivity contribution in [2.75, 3.05) is 30.1 Å². The quantitative estimate of drug-likeness (QED) is 0.827. The van der Waals surface area contributed by atoms with Crippen molar-refractivity contribution in [1.82, 2.24) is 0 Å². The standard InChI is InChI=1S/C11H20O2S2/c1-14-7-10(12)9-2-4-13-11(6-9)3-5-15-8-11/h9-10,12H,2-8H2,1H3. The molecule has 0 aromatic rings. The van der Waals surface area contributed by atoms with Crippen LogP contribution in [0.25, 0.3) is 0 Å². The molecule has 2 aliphatic rings. The second-order valence-electron chi connectivity index (χ2n) is 4.61. The first-order chi connectivity index (χ1) is 7.26. The smallest absolute Gasteiger partial charge is 0.0783 e. The molecule has 4 heteroatoms. The normalized spacial score (nSPS) is 38.4. The number of aliphatic hydroxyl groups is 1. The van der Waals surface area contributed by atoms with Crippen molar-refractivity contribution in [2.45, 2.75) is 31.0 Å². The Morgan fingerprint density at radius 2 is 2.53 bits per heavy atom. The highest BCUT2D eigenvalue weighted by Gasteiger charge is 2.41. The fourth-order valence-electron chi connectivity index (χ4n) is 2.56. The molecule has 2 nitrogen and oxygen atoms in total. The van der Waals surface area contributed by atoms with Gasteiger partial charge in [0.1, 0.15) is 0 Å². The van der Waals surface area contributed by atoms with E-state index in [0.717, 1.165) is 31.0 Å². The Morgan fingerprint density at radius 3 is 3.20 bits per heavy atom. The van der Waals surface area contributed by atoms with Crippen LogP contribution in [0, 0.1) is 5.92 Å². The third kappa shape index (κ3) is 2.84. The number of ether oxygens (including phenoxy) is 1. The zero-order valence-electron chi connectivity index (χ0n) is 9.28. The molecule has 2 heterocycles. The van der Waals surface area contributed by atoms with Gasteiger partial charge >= 0.3 is 0 Å². The topological polar surface area (TPSA) is 29.5 Å². The predicted octanol–water partition coefficient (Wildman–Crippen LogP) is 2.01. The van der Waals surface area contributed by atoms with Crippen molar-refractivity contribution in [3.63, 3.8) is 0 Å². The number of hydrogen-bond acceptors (Lipinski definition) is 4. The molecule has 0 amide bonds. The van der Waals surface area contributed by atoms with Crippen LogP contribution in [-0.2, 0) is 4.74 Å². The first-order valence-corrected chi connectivity index (χ1v) is 8.19. The molecule has 2 fully saturated rings. The molecule has 0 aliphatic carbocycles. The maximum Gasteiger partial charge on any atom is 0.0783 e. The molecule has 3 unspecified atom stereocenters. The summed E-state index contributed by atoms with van der Waals surface area (Å²) in [7, 11) is 0. The van der Waals surface area contributed by atoms with Crippen molar-refractivity contribution >= 4 is 23.5 Å². The summed E-state index contributed by atoms with van der Waals surface area (Å²) in [6.45, 7) is 0.844. The van der Waals surface area contributed by atoms with Gasteiger partial charge in [-0.1, -0.05) is 0 Å². The van der Waals surface area contributed by atoms with E-state index in [0.29, 0.717) is 5.92 Å². The van der Waals surface area contributed by atoms with Gasteiger partial charge in [-0.3, -0.25) is 0 Å². The molecule has 15 heavy (non-hydrogen) atoms. The number of aliphatic hydroxyl groups excluding tert-OH is 1. The van der Waals surface area contributed by atoms with Crippen molar-refractivity contribution in [1.29, 1.82) is 0 Å². The lowest BCUT2D eigenvalue weighted by atomic mass is 9.83. The van der Waals surface area contributed by atoms with Gasteiger partial charge in [0, 0.05) is 18.1 Å². The highest BCUT2D eigenvalue weighted by molar-refractivity contribution is 7.99. The van der Waals surface area contributed by atoms with Gasteiger partial charge in [0.05, 0.1) is 11.7 Å². The summed E-state index contributed by atoms with van der Waals surface area (Å²) in [5, 5.41) is 10.0. The molecule has 0 aromatic carbocycles. The third-order valence-electron chi connectivity index (χ3n) is 3.48. The highest BCUT2D eigenvalue weighted by Crippen LogP contribution is 2.41. The molecule has 0 bridgehead atoms. The summed E-state index contributed by atoms with van der Waals surface area (Å²) >= 11 is 3.73. The first-order valence-electron chi connectivity index (χ1n) is 5.64. The Labute approximate surface area is 101 Å². The van der Waals surface area contributed by atoms with Gasteiger partial charge < -0.3 is 9.84 Å². The summed E-state index contributed by atoms with van der Waals surface area (Å²) in [5.74, 6) is 3.69. The minimum atomic E-state index is -0.133. The minimum absolute atomic E-state index is 0.118. The zero-order chi connectivity index (χ0) is 10.7. The summed E-state index contributed by atoms with van der Waals surface area (Å²) in [4.78, 5) is 0. The molecule has 2 aliphatic heterocycles. The molecule has 1 N–H and O–H groups in total. The highest BCUT2D eigenvalue weighted by atomic mass is 32.2. The summed E-state index contributed by atoms with van der Waals surface area (Å²) in [6, 6.07) is 0. The lowest BCUT2D eigenvalue weighted by molar-refractivity contribution is -0.0977. The first kappa shape index (κ1) is 12.1. The van der Waals surface area contributed by atoms with E-state index >= 15 is 0 Å². The lowest BCUT2D eigenvalue weighted by Crippen LogP contribution is -2.43. The Hall–Kier alpha value is 0.620. The van der Waals surface area contributed by atoms with Crippen molar-refractivity contribution in [3.05, 3.63) is 0 Å². The average molecular weight is 248 g/mol. The Kier molecular flexibility index (Phi) is 4.27. The van der Waals surface area contributed by atoms with Gasteiger partial charge in [0.25, 0.3) is 0 Å². The van der Waals surface area contributed by atoms with Crippen molar-refractivity contribution < 1.29 is 9.84 Å². The van der Waals surface area contributed by atoms with Gasteiger partial charge in [0.15, 0.2) is 0 Å². The van der Waals surface area contributed by atoms with E-state index in [-0.39, 0.29) is 11.7 Å². The van der Waals surface area contributed by atoms with Crippen LogP contribution in [0.15, 0.2) is 0 Å². The second kappa shape index (κ2) is 5.30. The Bertz CT molecular complexity index is 205. The van der Waals surface area contributed by atoms with Crippen LogP contribution in [0.1, 0.15) is 19.3 Å². The Morgan fingerprint density at radius 1 is 1.67 bits per heavy atom. The van der Waals surface area contributed by atoms with E-state index in [9.17, 15) is 5.11 Å². The van der Waals surface area contributed by atoms with Crippen LogP contribution in [0.2, 0.25) is 0 Å². The number of thioether (sulfide) groups is 2. The van der Waals surface area contributed by atoms with Crippen LogP contribution in [0.4, 0.5) is 0 Å². The van der Waals surface area contributed by atoms with Crippen LogP contribution >= 0.6 is 23.5 Å². The van der Waals surface area contributed by atoms with Gasteiger partial charge in [-0.05, 0) is 37.2 Å². The maximum atomic E-state index is 10.0. The van der Waals surface area contributed by atoms with Crippen LogP contribution in [-0.4, -0.2) is 46.9 Å². The largest absolute Gasteiger partial charge is 0.392 e. The number of hydrogen-bond donors (Lipinski definition) is 1. The van der Waals surface area contributed by atoms with Crippen LogP contribution in [0.5, 0.6) is 0 Å². The maximum absolute atomic E-state index is 10.0. The van der Waals surface area contributed by atoms with E-state index in [1.807, 2.05) is 11.8 Å². The molecule has 0 saturated carbocycles. The Balaban J connectivity index is 1.91. The summed E-state index contributed by atoms with van der Waals surface area (Å²) in [5.41, 5.74) is 0.118. The van der Waals surface area contributed by atoms with Crippen LogP contribution < -0.4 is 0 Å². The van der Waals surface area contributed by atoms with E-state index in [1.54, 1.807) is 11.8 Å². The lowest BCUT2D eigenvalue weighted by Gasteiger charge is -2.39. The van der Waals surface area contributed by atoms with Gasteiger partial charge in [-0.15, -0.1) is 0 Å². The van der Waals surface area contributed by atoms with E-state index in [2.05, 4.69) is 6.26 Å². The van der Waals surface area contributed by atoms with Gasteiger partial charge in [-0.2, -0.15) is 23.5 Å². The van der Waals surface area contributed by atoms with Crippen molar-refractivity contribution in [3.8, 4) is 0 Å². The average Bonchev–Trinajstić information content (AvgIpc) is 2.67. The summed E-state index contributed by atoms with van der Waals surface area (Å²) < 4.78 is 5.95. The molecule has 2 saturated heterocycles. The fraction of sp³-hybridized carbons (Fsp3) is 1.00.